The van der Waals surface area contributed by atoms with Crippen LogP contribution in [0.25, 0.3) is 21.8 Å². The van der Waals surface area contributed by atoms with Gasteiger partial charge >= 0.3 is 6.36 Å². The molecule has 4 aromatic rings. The summed E-state index contributed by atoms with van der Waals surface area (Å²) in [4.78, 5) is 25.6. The fourth-order valence-corrected chi connectivity index (χ4v) is 3.50. The Balaban J connectivity index is 1.66. The Morgan fingerprint density at radius 3 is 2.35 bits per heavy atom. The lowest BCUT2D eigenvalue weighted by molar-refractivity contribution is -0.274. The number of amides is 1. The minimum atomic E-state index is -4.78. The molecule has 1 aromatic heterocycles. The molecule has 0 aliphatic rings. The number of alkyl halides is 3. The molecular weight excluding hydrogens is 409 g/mol. The standard InChI is InChI=1S/C23H17F3N2O3/c1-14-6-11-20-18(12-14)22(30)17-4-2-3-5-19(17)28(20)13-21(29)27-15-7-9-16(10-8-15)31-23(24,25)26/h2-12H,13H2,1H3,(H,27,29). The van der Waals surface area contributed by atoms with E-state index in [1.165, 1.54) is 12.1 Å². The zero-order valence-corrected chi connectivity index (χ0v) is 16.4. The number of carbonyl (C=O) groups is 1. The number of para-hydroxylation sites is 1. The summed E-state index contributed by atoms with van der Waals surface area (Å²) in [7, 11) is 0. The van der Waals surface area contributed by atoms with Gasteiger partial charge in [-0.2, -0.15) is 0 Å². The van der Waals surface area contributed by atoms with Crippen molar-refractivity contribution >= 4 is 33.4 Å². The first kappa shape index (κ1) is 20.5. The first-order valence-electron chi connectivity index (χ1n) is 9.39. The van der Waals surface area contributed by atoms with Gasteiger partial charge in [0.2, 0.25) is 5.91 Å². The second-order valence-corrected chi connectivity index (χ2v) is 7.07. The molecule has 0 saturated heterocycles. The van der Waals surface area contributed by atoms with Gasteiger partial charge in [0.15, 0.2) is 5.43 Å². The second kappa shape index (κ2) is 7.79. The van der Waals surface area contributed by atoms with E-state index >= 15 is 0 Å². The molecule has 0 bridgehead atoms. The Labute approximate surface area is 174 Å². The molecule has 0 atom stereocenters. The smallest absolute Gasteiger partial charge is 0.406 e. The van der Waals surface area contributed by atoms with Crippen molar-refractivity contribution in [3.63, 3.8) is 0 Å². The van der Waals surface area contributed by atoms with Gasteiger partial charge in [0.25, 0.3) is 0 Å². The number of hydrogen-bond acceptors (Lipinski definition) is 3. The minimum Gasteiger partial charge on any atom is -0.406 e. The normalized spacial score (nSPS) is 11.6. The largest absolute Gasteiger partial charge is 0.573 e. The second-order valence-electron chi connectivity index (χ2n) is 7.07. The molecule has 8 heteroatoms. The van der Waals surface area contributed by atoms with Crippen LogP contribution < -0.4 is 15.5 Å². The van der Waals surface area contributed by atoms with Crippen LogP contribution >= 0.6 is 0 Å². The average molecular weight is 426 g/mol. The van der Waals surface area contributed by atoms with Gasteiger partial charge in [-0.25, -0.2) is 0 Å². The molecule has 158 valence electrons. The van der Waals surface area contributed by atoms with E-state index in [0.29, 0.717) is 27.5 Å². The SMILES string of the molecule is Cc1ccc2c(c1)c(=O)c1ccccc1n2CC(=O)Nc1ccc(OC(F)(F)F)cc1. The van der Waals surface area contributed by atoms with Gasteiger partial charge in [-0.05, 0) is 55.5 Å². The number of nitrogens with zero attached hydrogens (tertiary/aromatic N) is 1. The number of benzene rings is 3. The molecule has 0 spiro atoms. The fourth-order valence-electron chi connectivity index (χ4n) is 3.50. The molecular formula is C23H17F3N2O3. The number of nitrogens with one attached hydrogen (secondary N) is 1. The van der Waals surface area contributed by atoms with Crippen molar-refractivity contribution in [2.24, 2.45) is 0 Å². The van der Waals surface area contributed by atoms with Crippen LogP contribution in [0.3, 0.4) is 0 Å². The van der Waals surface area contributed by atoms with Crippen molar-refractivity contribution in [1.29, 1.82) is 0 Å². The Hall–Kier alpha value is -3.81. The van der Waals surface area contributed by atoms with Gasteiger partial charge in [0, 0.05) is 16.5 Å². The molecule has 0 saturated carbocycles. The highest BCUT2D eigenvalue weighted by Crippen LogP contribution is 2.24. The number of ether oxygens (including phenoxy) is 1. The van der Waals surface area contributed by atoms with Crippen LogP contribution in [0.4, 0.5) is 18.9 Å². The van der Waals surface area contributed by atoms with Crippen molar-refractivity contribution in [2.45, 2.75) is 19.8 Å². The number of pyridine rings is 1. The molecule has 1 heterocycles. The molecule has 0 unspecified atom stereocenters. The number of aromatic nitrogens is 1. The molecule has 1 amide bonds. The zero-order valence-electron chi connectivity index (χ0n) is 16.4. The van der Waals surface area contributed by atoms with Crippen molar-refractivity contribution in [1.82, 2.24) is 4.57 Å². The summed E-state index contributed by atoms with van der Waals surface area (Å²) in [6, 6.07) is 17.4. The van der Waals surface area contributed by atoms with Gasteiger partial charge < -0.3 is 14.6 Å². The molecule has 5 nitrogen and oxygen atoms in total. The number of aryl methyl sites for hydroxylation is 1. The predicted octanol–water partition coefficient (Wildman–Crippen LogP) is 5.00. The fraction of sp³-hybridized carbons (Fsp3) is 0.130. The topological polar surface area (TPSA) is 60.3 Å². The van der Waals surface area contributed by atoms with E-state index in [0.717, 1.165) is 17.7 Å². The highest BCUT2D eigenvalue weighted by atomic mass is 19.4. The monoisotopic (exact) mass is 426 g/mol. The van der Waals surface area contributed by atoms with Crippen LogP contribution in [-0.2, 0) is 11.3 Å². The van der Waals surface area contributed by atoms with Gasteiger partial charge in [-0.3, -0.25) is 9.59 Å². The number of fused-ring (bicyclic) bond motifs is 2. The molecule has 0 aliphatic carbocycles. The Morgan fingerprint density at radius 2 is 1.65 bits per heavy atom. The first-order chi connectivity index (χ1) is 14.7. The molecule has 4 rings (SSSR count). The van der Waals surface area contributed by atoms with Crippen LogP contribution in [0.2, 0.25) is 0 Å². The average Bonchev–Trinajstić information content (AvgIpc) is 2.71. The lowest BCUT2D eigenvalue weighted by Crippen LogP contribution is -2.21. The molecule has 0 fully saturated rings. The third-order valence-electron chi connectivity index (χ3n) is 4.80. The van der Waals surface area contributed by atoms with Gasteiger partial charge in [-0.1, -0.05) is 23.8 Å². The summed E-state index contributed by atoms with van der Waals surface area (Å²) in [5, 5.41) is 3.68. The number of anilines is 1. The molecule has 1 N–H and O–H groups in total. The third-order valence-corrected chi connectivity index (χ3v) is 4.80. The highest BCUT2D eigenvalue weighted by Gasteiger charge is 2.31. The van der Waals surface area contributed by atoms with Crippen molar-refractivity contribution in [2.75, 3.05) is 5.32 Å². The van der Waals surface area contributed by atoms with Crippen molar-refractivity contribution in [3.8, 4) is 5.75 Å². The van der Waals surface area contributed by atoms with E-state index in [1.807, 2.05) is 13.0 Å². The van der Waals surface area contributed by atoms with E-state index in [1.54, 1.807) is 41.0 Å². The molecule has 0 radical (unpaired) electrons. The number of rotatable bonds is 4. The number of hydrogen-bond donors (Lipinski definition) is 1. The summed E-state index contributed by atoms with van der Waals surface area (Å²) in [6.45, 7) is 1.80. The van der Waals surface area contributed by atoms with Crippen molar-refractivity contribution in [3.05, 3.63) is 82.5 Å². The van der Waals surface area contributed by atoms with E-state index in [2.05, 4.69) is 10.1 Å². The lowest BCUT2D eigenvalue weighted by Gasteiger charge is -2.16. The van der Waals surface area contributed by atoms with Crippen LogP contribution in [-0.4, -0.2) is 16.8 Å². The summed E-state index contributed by atoms with van der Waals surface area (Å²) < 4.78 is 42.4. The highest BCUT2D eigenvalue weighted by molar-refractivity contribution is 5.97. The third kappa shape index (κ3) is 4.37. The van der Waals surface area contributed by atoms with Gasteiger partial charge in [-0.15, -0.1) is 13.2 Å². The van der Waals surface area contributed by atoms with Crippen molar-refractivity contribution < 1.29 is 22.7 Å². The zero-order chi connectivity index (χ0) is 22.2. The number of carbonyl (C=O) groups excluding carboxylic acids is 1. The van der Waals surface area contributed by atoms with Crippen LogP contribution in [0.15, 0.2) is 71.5 Å². The maximum absolute atomic E-state index is 12.9. The van der Waals surface area contributed by atoms with Crippen LogP contribution in [0.1, 0.15) is 5.56 Å². The van der Waals surface area contributed by atoms with E-state index in [9.17, 15) is 22.8 Å². The van der Waals surface area contributed by atoms with Crippen LogP contribution in [0, 0.1) is 6.92 Å². The molecule has 0 aliphatic heterocycles. The summed E-state index contributed by atoms with van der Waals surface area (Å²) >= 11 is 0. The number of halogens is 3. The lowest BCUT2D eigenvalue weighted by atomic mass is 10.1. The van der Waals surface area contributed by atoms with E-state index in [-0.39, 0.29) is 23.6 Å². The maximum Gasteiger partial charge on any atom is 0.573 e. The Morgan fingerprint density at radius 1 is 0.968 bits per heavy atom. The summed E-state index contributed by atoms with van der Waals surface area (Å²) in [5.41, 5.74) is 2.39. The van der Waals surface area contributed by atoms with E-state index < -0.39 is 6.36 Å². The first-order valence-corrected chi connectivity index (χ1v) is 9.39. The van der Waals surface area contributed by atoms with Gasteiger partial charge in [0.1, 0.15) is 12.3 Å². The quantitative estimate of drug-likeness (QED) is 0.467. The molecule has 3 aromatic carbocycles. The maximum atomic E-state index is 12.9. The van der Waals surface area contributed by atoms with Gasteiger partial charge in [0.05, 0.1) is 11.0 Å². The predicted molar refractivity (Wildman–Crippen MR) is 112 cm³/mol. The summed E-state index contributed by atoms with van der Waals surface area (Å²) in [5.74, 6) is -0.765. The Kier molecular flexibility index (Phi) is 5.14. The van der Waals surface area contributed by atoms with E-state index in [4.69, 9.17) is 0 Å². The van der Waals surface area contributed by atoms with Crippen LogP contribution in [0.5, 0.6) is 5.75 Å². The minimum absolute atomic E-state index is 0.0822. The Bertz CT molecular complexity index is 1340. The summed E-state index contributed by atoms with van der Waals surface area (Å²) in [6.07, 6.45) is -4.78. The molecule has 31 heavy (non-hydrogen) atoms.